The molecule has 0 atom stereocenters. The van der Waals surface area contributed by atoms with Crippen LogP contribution >= 0.6 is 0 Å². The minimum Gasteiger partial charge on any atom is -0.435 e. The molecule has 0 radical (unpaired) electrons. The van der Waals surface area contributed by atoms with Gasteiger partial charge < -0.3 is 10.2 Å². The first-order valence-electron chi connectivity index (χ1n) is 5.96. The number of pyridine rings is 1. The molecule has 0 fully saturated rings. The Labute approximate surface area is 114 Å². The summed E-state index contributed by atoms with van der Waals surface area (Å²) in [4.78, 5) is 8.31. The molecule has 2 aromatic heterocycles. The molecule has 98 valence electrons. The largest absolute Gasteiger partial charge is 0.435 e. The Balaban J connectivity index is 1.80. The van der Waals surface area contributed by atoms with Gasteiger partial charge in [-0.3, -0.25) is 4.98 Å². The van der Waals surface area contributed by atoms with Gasteiger partial charge in [-0.05, 0) is 24.3 Å². The normalized spacial score (nSPS) is 12.3. The van der Waals surface area contributed by atoms with E-state index in [2.05, 4.69) is 20.2 Å². The van der Waals surface area contributed by atoms with Crippen LogP contribution in [0.25, 0.3) is 11.1 Å². The molecule has 2 heterocycles. The lowest BCUT2D eigenvalue weighted by atomic mass is 10.3. The van der Waals surface area contributed by atoms with E-state index in [4.69, 9.17) is 10.2 Å². The first-order chi connectivity index (χ1) is 9.83. The Hall–Kier alpha value is -3.02. The third-order valence-corrected chi connectivity index (χ3v) is 2.57. The number of nitrogens with two attached hydrogens (primary N) is 1. The van der Waals surface area contributed by atoms with Crippen LogP contribution in [-0.4, -0.2) is 22.0 Å². The van der Waals surface area contributed by atoms with Crippen LogP contribution in [0.15, 0.2) is 63.3 Å². The average Bonchev–Trinajstić information content (AvgIpc) is 2.90. The highest BCUT2D eigenvalue weighted by Crippen LogP contribution is 2.13. The maximum Gasteiger partial charge on any atom is 0.240 e. The van der Waals surface area contributed by atoms with Gasteiger partial charge in [0.1, 0.15) is 17.4 Å². The van der Waals surface area contributed by atoms with Gasteiger partial charge in [-0.15, -0.1) is 5.10 Å². The topological polar surface area (TPSA) is 89.7 Å². The molecule has 0 saturated heterocycles. The van der Waals surface area contributed by atoms with Gasteiger partial charge in [-0.1, -0.05) is 18.2 Å². The van der Waals surface area contributed by atoms with Crippen molar-refractivity contribution in [2.24, 2.45) is 15.9 Å². The molecule has 0 aliphatic rings. The minimum absolute atomic E-state index is 0.234. The summed E-state index contributed by atoms with van der Waals surface area (Å²) in [6, 6.07) is 12.9. The number of amidine groups is 1. The number of oxazole rings is 1. The highest BCUT2D eigenvalue weighted by molar-refractivity contribution is 5.95. The standard InChI is InChI=1S/C14H11N5O/c15-14(11-6-3-4-8-16-11)19-17-9-13-18-10-5-1-2-7-12(10)20-13/h1-9H,(H2,15,19)/b17-9+. The number of hydrogen-bond donors (Lipinski definition) is 1. The Morgan fingerprint density at radius 2 is 2.00 bits per heavy atom. The summed E-state index contributed by atoms with van der Waals surface area (Å²) < 4.78 is 5.47. The van der Waals surface area contributed by atoms with Gasteiger partial charge in [-0.25, -0.2) is 4.98 Å². The van der Waals surface area contributed by atoms with Crippen LogP contribution < -0.4 is 5.73 Å². The van der Waals surface area contributed by atoms with Crippen LogP contribution in [0.3, 0.4) is 0 Å². The first kappa shape index (κ1) is 12.0. The Morgan fingerprint density at radius 3 is 2.80 bits per heavy atom. The number of nitrogens with zero attached hydrogens (tertiary/aromatic N) is 4. The molecule has 3 aromatic rings. The Morgan fingerprint density at radius 1 is 1.15 bits per heavy atom. The van der Waals surface area contributed by atoms with Crippen molar-refractivity contribution in [3.8, 4) is 0 Å². The first-order valence-corrected chi connectivity index (χ1v) is 5.96. The zero-order valence-electron chi connectivity index (χ0n) is 10.5. The third-order valence-electron chi connectivity index (χ3n) is 2.57. The van der Waals surface area contributed by atoms with Crippen LogP contribution in [0.2, 0.25) is 0 Å². The molecule has 0 bridgehead atoms. The van der Waals surface area contributed by atoms with Gasteiger partial charge in [0.15, 0.2) is 11.4 Å². The molecule has 3 rings (SSSR count). The summed E-state index contributed by atoms with van der Waals surface area (Å²) >= 11 is 0. The van der Waals surface area contributed by atoms with Crippen molar-refractivity contribution in [2.75, 3.05) is 0 Å². The van der Waals surface area contributed by atoms with E-state index in [1.165, 1.54) is 6.21 Å². The maximum absolute atomic E-state index is 5.76. The molecule has 0 aliphatic heterocycles. The van der Waals surface area contributed by atoms with E-state index in [-0.39, 0.29) is 5.84 Å². The molecule has 0 unspecified atom stereocenters. The van der Waals surface area contributed by atoms with E-state index in [1.54, 1.807) is 18.3 Å². The van der Waals surface area contributed by atoms with Crippen LogP contribution in [0.4, 0.5) is 0 Å². The van der Waals surface area contributed by atoms with Gasteiger partial charge in [0.05, 0.1) is 0 Å². The van der Waals surface area contributed by atoms with Gasteiger partial charge in [0, 0.05) is 6.20 Å². The summed E-state index contributed by atoms with van der Waals surface area (Å²) in [6.07, 6.45) is 3.05. The van der Waals surface area contributed by atoms with Crippen LogP contribution in [0.5, 0.6) is 0 Å². The predicted octanol–water partition coefficient (Wildman–Crippen LogP) is 1.96. The highest BCUT2D eigenvalue weighted by Gasteiger charge is 2.01. The van der Waals surface area contributed by atoms with Gasteiger partial charge in [-0.2, -0.15) is 5.10 Å². The van der Waals surface area contributed by atoms with Gasteiger partial charge in [0.25, 0.3) is 0 Å². The molecular weight excluding hydrogens is 254 g/mol. The van der Waals surface area contributed by atoms with E-state index in [0.29, 0.717) is 17.2 Å². The predicted molar refractivity (Wildman–Crippen MR) is 76.6 cm³/mol. The molecule has 0 spiro atoms. The summed E-state index contributed by atoms with van der Waals surface area (Å²) in [5, 5.41) is 7.72. The van der Waals surface area contributed by atoms with Crippen LogP contribution in [0, 0.1) is 0 Å². The molecule has 20 heavy (non-hydrogen) atoms. The van der Waals surface area contributed by atoms with Crippen LogP contribution in [-0.2, 0) is 0 Å². The Bertz CT molecular complexity index is 743. The summed E-state index contributed by atoms with van der Waals surface area (Å²) in [7, 11) is 0. The zero-order chi connectivity index (χ0) is 13.8. The van der Waals surface area contributed by atoms with Crippen molar-refractivity contribution in [1.29, 1.82) is 0 Å². The molecule has 6 heteroatoms. The maximum atomic E-state index is 5.76. The fourth-order valence-electron chi connectivity index (χ4n) is 1.65. The van der Waals surface area contributed by atoms with Crippen molar-refractivity contribution in [3.63, 3.8) is 0 Å². The van der Waals surface area contributed by atoms with E-state index < -0.39 is 0 Å². The molecule has 6 nitrogen and oxygen atoms in total. The summed E-state index contributed by atoms with van der Waals surface area (Å²) in [5.41, 5.74) is 7.81. The lowest BCUT2D eigenvalue weighted by Crippen LogP contribution is -2.14. The fourth-order valence-corrected chi connectivity index (χ4v) is 1.65. The number of benzene rings is 1. The molecule has 1 aromatic carbocycles. The summed E-state index contributed by atoms with van der Waals surface area (Å²) in [6.45, 7) is 0. The molecule has 2 N–H and O–H groups in total. The van der Waals surface area contributed by atoms with Crippen molar-refractivity contribution >= 4 is 23.1 Å². The molecule has 0 saturated carbocycles. The average molecular weight is 265 g/mol. The second kappa shape index (κ2) is 5.31. The number of hydrogen-bond acceptors (Lipinski definition) is 5. The van der Waals surface area contributed by atoms with Crippen molar-refractivity contribution in [1.82, 2.24) is 9.97 Å². The van der Waals surface area contributed by atoms with Crippen molar-refractivity contribution in [2.45, 2.75) is 0 Å². The van der Waals surface area contributed by atoms with E-state index in [0.717, 1.165) is 5.52 Å². The Kier molecular flexibility index (Phi) is 3.20. The lowest BCUT2D eigenvalue weighted by molar-refractivity contribution is 0.593. The monoisotopic (exact) mass is 265 g/mol. The van der Waals surface area contributed by atoms with E-state index in [9.17, 15) is 0 Å². The smallest absolute Gasteiger partial charge is 0.240 e. The summed E-state index contributed by atoms with van der Waals surface area (Å²) in [5.74, 6) is 0.613. The number of rotatable bonds is 3. The minimum atomic E-state index is 0.234. The third kappa shape index (κ3) is 2.54. The zero-order valence-corrected chi connectivity index (χ0v) is 10.5. The van der Waals surface area contributed by atoms with Crippen molar-refractivity contribution < 1.29 is 4.42 Å². The molecular formula is C14H11N5O. The molecule has 0 aliphatic carbocycles. The SMILES string of the molecule is N/C(=N\N=C\c1nc2ccccc2o1)c1ccccn1. The fraction of sp³-hybridized carbons (Fsp3) is 0. The highest BCUT2D eigenvalue weighted by atomic mass is 16.3. The second-order valence-corrected chi connectivity index (χ2v) is 3.96. The number of fused-ring (bicyclic) bond motifs is 1. The van der Waals surface area contributed by atoms with E-state index >= 15 is 0 Å². The van der Waals surface area contributed by atoms with Crippen LogP contribution in [0.1, 0.15) is 11.6 Å². The lowest BCUT2D eigenvalue weighted by Gasteiger charge is -1.94. The second-order valence-electron chi connectivity index (χ2n) is 3.96. The van der Waals surface area contributed by atoms with E-state index in [1.807, 2.05) is 30.3 Å². The van der Waals surface area contributed by atoms with Crippen molar-refractivity contribution in [3.05, 3.63) is 60.2 Å². The quantitative estimate of drug-likeness (QED) is 0.445. The van der Waals surface area contributed by atoms with Gasteiger partial charge >= 0.3 is 0 Å². The molecule has 0 amide bonds. The number of para-hydroxylation sites is 2. The number of aromatic nitrogens is 2. The van der Waals surface area contributed by atoms with Gasteiger partial charge in [0.2, 0.25) is 5.89 Å².